The van der Waals surface area contributed by atoms with E-state index in [1.165, 1.54) is 30.2 Å². The Hall–Kier alpha value is -0.970. The fourth-order valence-corrected chi connectivity index (χ4v) is 2.76. The molecule has 0 saturated heterocycles. The average molecular weight is 283 g/mol. The molecule has 1 aliphatic carbocycles. The van der Waals surface area contributed by atoms with Gasteiger partial charge in [0.15, 0.2) is 0 Å². The van der Waals surface area contributed by atoms with Crippen LogP contribution in [-0.4, -0.2) is 11.0 Å². The molecule has 0 bridgehead atoms. The Morgan fingerprint density at radius 2 is 2.28 bits per heavy atom. The number of thiazole rings is 1. The summed E-state index contributed by atoms with van der Waals surface area (Å²) in [5, 5.41) is 4.53. The molecule has 0 spiro atoms. The van der Waals surface area contributed by atoms with Gasteiger partial charge in [0.1, 0.15) is 10.8 Å². The van der Waals surface area contributed by atoms with Crippen LogP contribution in [0.5, 0.6) is 0 Å². The first-order valence-electron chi connectivity index (χ1n) is 5.86. The number of benzene rings is 1. The number of nitrogens with zero attached hydrogens (tertiary/aromatic N) is 1. The topological polar surface area (TPSA) is 24.9 Å². The quantitative estimate of drug-likeness (QED) is 0.921. The van der Waals surface area contributed by atoms with E-state index in [1.807, 2.05) is 6.20 Å². The van der Waals surface area contributed by atoms with Crippen molar-refractivity contribution in [1.82, 2.24) is 10.3 Å². The zero-order chi connectivity index (χ0) is 12.5. The van der Waals surface area contributed by atoms with E-state index < -0.39 is 0 Å². The molecule has 0 atom stereocenters. The number of aromatic nitrogens is 1. The SMILES string of the molecule is Fc1cc(Cl)ccc1-c1ncc(CNC2CC2)s1. The van der Waals surface area contributed by atoms with Gasteiger partial charge in [0.05, 0.1) is 0 Å². The molecule has 0 radical (unpaired) electrons. The first-order valence-corrected chi connectivity index (χ1v) is 7.05. The molecule has 0 unspecified atom stereocenters. The van der Waals surface area contributed by atoms with Crippen molar-refractivity contribution in [1.29, 1.82) is 0 Å². The Labute approximate surface area is 114 Å². The van der Waals surface area contributed by atoms with E-state index >= 15 is 0 Å². The first-order chi connectivity index (χ1) is 8.72. The molecule has 2 aromatic rings. The van der Waals surface area contributed by atoms with Crippen LogP contribution in [0.25, 0.3) is 10.6 Å². The highest BCUT2D eigenvalue weighted by atomic mass is 35.5. The van der Waals surface area contributed by atoms with Gasteiger partial charge in [-0.15, -0.1) is 11.3 Å². The van der Waals surface area contributed by atoms with Gasteiger partial charge < -0.3 is 5.32 Å². The molecule has 0 aliphatic heterocycles. The summed E-state index contributed by atoms with van der Waals surface area (Å²) in [6.45, 7) is 0.817. The van der Waals surface area contributed by atoms with Crippen LogP contribution < -0.4 is 5.32 Å². The van der Waals surface area contributed by atoms with Crippen molar-refractivity contribution in [2.75, 3.05) is 0 Å². The molecule has 94 valence electrons. The molecule has 1 aromatic heterocycles. The van der Waals surface area contributed by atoms with E-state index in [0.717, 1.165) is 11.4 Å². The highest BCUT2D eigenvalue weighted by Gasteiger charge is 2.20. The van der Waals surface area contributed by atoms with Crippen molar-refractivity contribution < 1.29 is 4.39 Å². The zero-order valence-corrected chi connectivity index (χ0v) is 11.2. The molecule has 1 saturated carbocycles. The standard InChI is InChI=1S/C13H12ClFN2S/c14-8-1-4-11(12(15)5-8)13-17-7-10(18-13)6-16-9-2-3-9/h1,4-5,7,9,16H,2-3,6H2. The maximum atomic E-state index is 13.7. The van der Waals surface area contributed by atoms with Crippen LogP contribution >= 0.6 is 22.9 Å². The van der Waals surface area contributed by atoms with Crippen molar-refractivity contribution in [3.05, 3.63) is 40.1 Å². The number of nitrogens with one attached hydrogen (secondary N) is 1. The van der Waals surface area contributed by atoms with Crippen molar-refractivity contribution in [3.63, 3.8) is 0 Å². The van der Waals surface area contributed by atoms with E-state index in [0.29, 0.717) is 21.6 Å². The normalized spacial score (nSPS) is 15.0. The fourth-order valence-electron chi connectivity index (χ4n) is 1.71. The van der Waals surface area contributed by atoms with Gasteiger partial charge in [-0.3, -0.25) is 0 Å². The highest BCUT2D eigenvalue weighted by Crippen LogP contribution is 2.29. The maximum Gasteiger partial charge on any atom is 0.134 e. The minimum absolute atomic E-state index is 0.321. The molecule has 3 rings (SSSR count). The molecular formula is C13H12ClFN2S. The second-order valence-corrected chi connectivity index (χ2v) is 5.96. The van der Waals surface area contributed by atoms with E-state index in [1.54, 1.807) is 12.1 Å². The summed E-state index contributed by atoms with van der Waals surface area (Å²) in [7, 11) is 0. The monoisotopic (exact) mass is 282 g/mol. The highest BCUT2D eigenvalue weighted by molar-refractivity contribution is 7.15. The lowest BCUT2D eigenvalue weighted by Gasteiger charge is -1.99. The Kier molecular flexibility index (Phi) is 3.33. The molecule has 1 N–H and O–H groups in total. The van der Waals surface area contributed by atoms with Crippen molar-refractivity contribution in [3.8, 4) is 10.6 Å². The minimum Gasteiger partial charge on any atom is -0.309 e. The van der Waals surface area contributed by atoms with Gasteiger partial charge in [-0.1, -0.05) is 11.6 Å². The van der Waals surface area contributed by atoms with Crippen LogP contribution in [0.1, 0.15) is 17.7 Å². The summed E-state index contributed by atoms with van der Waals surface area (Å²) in [4.78, 5) is 5.40. The Morgan fingerprint density at radius 3 is 3.00 bits per heavy atom. The van der Waals surface area contributed by atoms with Crippen molar-refractivity contribution in [2.45, 2.75) is 25.4 Å². The first kappa shape index (κ1) is 12.1. The van der Waals surface area contributed by atoms with Crippen LogP contribution in [0.15, 0.2) is 24.4 Å². The largest absolute Gasteiger partial charge is 0.309 e. The molecule has 1 fully saturated rings. The van der Waals surface area contributed by atoms with E-state index in [9.17, 15) is 4.39 Å². The maximum absolute atomic E-state index is 13.7. The van der Waals surface area contributed by atoms with Crippen LogP contribution in [0.3, 0.4) is 0 Å². The Balaban J connectivity index is 1.78. The van der Waals surface area contributed by atoms with E-state index in [2.05, 4.69) is 10.3 Å². The summed E-state index contributed by atoms with van der Waals surface area (Å²) in [6.07, 6.45) is 4.33. The van der Waals surface area contributed by atoms with Gasteiger partial charge in [-0.2, -0.15) is 0 Å². The molecule has 1 heterocycles. The van der Waals surface area contributed by atoms with Gasteiger partial charge in [-0.25, -0.2) is 9.37 Å². The fraction of sp³-hybridized carbons (Fsp3) is 0.308. The smallest absolute Gasteiger partial charge is 0.134 e. The van der Waals surface area contributed by atoms with Crippen LogP contribution in [0, 0.1) is 5.82 Å². The van der Waals surface area contributed by atoms with Crippen molar-refractivity contribution >= 4 is 22.9 Å². The summed E-state index contributed by atoms with van der Waals surface area (Å²) in [5.41, 5.74) is 0.516. The molecule has 2 nitrogen and oxygen atoms in total. The lowest BCUT2D eigenvalue weighted by Crippen LogP contribution is -2.14. The molecule has 0 amide bonds. The van der Waals surface area contributed by atoms with Gasteiger partial charge in [0.25, 0.3) is 0 Å². The Morgan fingerprint density at radius 1 is 1.44 bits per heavy atom. The molecule has 18 heavy (non-hydrogen) atoms. The third kappa shape index (κ3) is 2.71. The summed E-state index contributed by atoms with van der Waals surface area (Å²) >= 11 is 7.25. The van der Waals surface area contributed by atoms with E-state index in [-0.39, 0.29) is 5.82 Å². The van der Waals surface area contributed by atoms with Gasteiger partial charge in [0.2, 0.25) is 0 Å². The number of hydrogen-bond acceptors (Lipinski definition) is 3. The second kappa shape index (κ2) is 4.96. The lowest BCUT2D eigenvalue weighted by atomic mass is 10.2. The van der Waals surface area contributed by atoms with Gasteiger partial charge in [-0.05, 0) is 31.0 Å². The van der Waals surface area contributed by atoms with Crippen LogP contribution in [0.4, 0.5) is 4.39 Å². The summed E-state index contributed by atoms with van der Waals surface area (Å²) in [5.74, 6) is -0.321. The molecule has 5 heteroatoms. The van der Waals surface area contributed by atoms with Gasteiger partial charge in [0, 0.05) is 34.2 Å². The van der Waals surface area contributed by atoms with E-state index in [4.69, 9.17) is 11.6 Å². The zero-order valence-electron chi connectivity index (χ0n) is 9.62. The Bertz CT molecular complexity index is 566. The minimum atomic E-state index is -0.321. The third-order valence-electron chi connectivity index (χ3n) is 2.86. The second-order valence-electron chi connectivity index (χ2n) is 4.41. The predicted molar refractivity (Wildman–Crippen MR) is 72.4 cm³/mol. The van der Waals surface area contributed by atoms with Crippen molar-refractivity contribution in [2.24, 2.45) is 0 Å². The molecule has 1 aliphatic rings. The predicted octanol–water partition coefficient (Wildman–Crippen LogP) is 3.85. The molecule has 1 aromatic carbocycles. The van der Waals surface area contributed by atoms with Crippen LogP contribution in [-0.2, 0) is 6.54 Å². The number of halogens is 2. The summed E-state index contributed by atoms with van der Waals surface area (Å²) < 4.78 is 13.7. The third-order valence-corrected chi connectivity index (χ3v) is 4.12. The average Bonchev–Trinajstić information content (AvgIpc) is 3.05. The molecular weight excluding hydrogens is 271 g/mol. The number of rotatable bonds is 4. The number of hydrogen-bond donors (Lipinski definition) is 1. The van der Waals surface area contributed by atoms with Gasteiger partial charge >= 0.3 is 0 Å². The van der Waals surface area contributed by atoms with Crippen LogP contribution in [0.2, 0.25) is 5.02 Å². The lowest BCUT2D eigenvalue weighted by molar-refractivity contribution is 0.631. The summed E-state index contributed by atoms with van der Waals surface area (Å²) in [6, 6.07) is 5.35.